The van der Waals surface area contributed by atoms with Crippen LogP contribution >= 0.6 is 0 Å². The van der Waals surface area contributed by atoms with Gasteiger partial charge in [-0.1, -0.05) is 37.6 Å². The molecule has 25 heavy (non-hydrogen) atoms. The molecule has 2 aromatic heterocycles. The molecule has 1 atom stereocenters. The number of allylic oxidation sites excluding steroid dienone is 3. The second-order valence-corrected chi connectivity index (χ2v) is 6.27. The van der Waals surface area contributed by atoms with Crippen LogP contribution in [0.2, 0.25) is 0 Å². The maximum Gasteiger partial charge on any atom is 0.0931 e. The predicted octanol–water partition coefficient (Wildman–Crippen LogP) is 4.36. The Morgan fingerprint density at radius 1 is 1.00 bits per heavy atom. The fourth-order valence-electron chi connectivity index (χ4n) is 3.38. The van der Waals surface area contributed by atoms with Crippen LogP contribution in [0.1, 0.15) is 43.5 Å². The van der Waals surface area contributed by atoms with E-state index < -0.39 is 0 Å². The summed E-state index contributed by atoms with van der Waals surface area (Å²) < 4.78 is 0. The Balaban J connectivity index is 2.01. The highest BCUT2D eigenvalue weighted by Crippen LogP contribution is 2.34. The van der Waals surface area contributed by atoms with Gasteiger partial charge in [-0.2, -0.15) is 5.10 Å². The minimum Gasteiger partial charge on any atom is -0.323 e. The third-order valence-corrected chi connectivity index (χ3v) is 4.66. The van der Waals surface area contributed by atoms with Gasteiger partial charge in [0.15, 0.2) is 0 Å². The molecule has 0 fully saturated rings. The van der Waals surface area contributed by atoms with Gasteiger partial charge in [0.1, 0.15) is 0 Å². The van der Waals surface area contributed by atoms with E-state index in [1.165, 1.54) is 18.4 Å². The van der Waals surface area contributed by atoms with Crippen molar-refractivity contribution in [3.8, 4) is 0 Å². The van der Waals surface area contributed by atoms with E-state index in [1.807, 2.05) is 36.4 Å². The summed E-state index contributed by atoms with van der Waals surface area (Å²) in [7, 11) is 0. The van der Waals surface area contributed by atoms with Gasteiger partial charge in [0, 0.05) is 18.3 Å². The number of nitrogens with two attached hydrogens (primary N) is 1. The van der Waals surface area contributed by atoms with Gasteiger partial charge in [0.2, 0.25) is 0 Å². The van der Waals surface area contributed by atoms with Crippen LogP contribution in [0.5, 0.6) is 0 Å². The summed E-state index contributed by atoms with van der Waals surface area (Å²) in [5, 5.41) is 4.13. The molecule has 3 rings (SSSR count). The van der Waals surface area contributed by atoms with E-state index in [0.29, 0.717) is 0 Å². The molecule has 4 heteroatoms. The highest BCUT2D eigenvalue weighted by Gasteiger charge is 2.26. The molecule has 2 aromatic rings. The summed E-state index contributed by atoms with van der Waals surface area (Å²) in [6, 6.07) is 11.7. The Bertz CT molecular complexity index is 763. The summed E-state index contributed by atoms with van der Waals surface area (Å²) >= 11 is 0. The van der Waals surface area contributed by atoms with Crippen molar-refractivity contribution >= 4 is 11.3 Å². The summed E-state index contributed by atoms with van der Waals surface area (Å²) in [5.41, 5.74) is 4.68. The van der Waals surface area contributed by atoms with E-state index in [-0.39, 0.29) is 5.92 Å². The van der Waals surface area contributed by atoms with Crippen LogP contribution < -0.4 is 5.84 Å². The lowest BCUT2D eigenvalue weighted by molar-refractivity contribution is 0.586. The average molecular weight is 332 g/mol. The number of hydrogen-bond acceptors (Lipinski definition) is 4. The van der Waals surface area contributed by atoms with Crippen LogP contribution in [0.25, 0.3) is 5.57 Å². The molecule has 0 saturated carbocycles. The van der Waals surface area contributed by atoms with Crippen LogP contribution in [0, 0.1) is 5.92 Å². The zero-order valence-electron chi connectivity index (χ0n) is 14.4. The van der Waals surface area contributed by atoms with Crippen molar-refractivity contribution in [1.29, 1.82) is 0 Å². The van der Waals surface area contributed by atoms with Gasteiger partial charge in [0.25, 0.3) is 0 Å². The van der Waals surface area contributed by atoms with E-state index in [4.69, 9.17) is 5.84 Å². The molecule has 0 bridgehead atoms. The molecule has 1 aliphatic rings. The van der Waals surface area contributed by atoms with Gasteiger partial charge in [-0.15, -0.1) is 0 Å². The topological polar surface area (TPSA) is 64.2 Å². The van der Waals surface area contributed by atoms with Crippen LogP contribution in [0.3, 0.4) is 0 Å². The minimum atomic E-state index is 0.0923. The van der Waals surface area contributed by atoms with E-state index in [0.717, 1.165) is 41.9 Å². The van der Waals surface area contributed by atoms with E-state index in [1.54, 1.807) is 12.4 Å². The van der Waals surface area contributed by atoms with Gasteiger partial charge in [0.05, 0.1) is 17.1 Å². The van der Waals surface area contributed by atoms with Crippen LogP contribution in [0.4, 0.5) is 0 Å². The van der Waals surface area contributed by atoms with Crippen molar-refractivity contribution in [2.75, 3.05) is 0 Å². The molecule has 0 aromatic carbocycles. The Labute approximate surface area is 149 Å². The van der Waals surface area contributed by atoms with Crippen molar-refractivity contribution in [1.82, 2.24) is 9.97 Å². The quantitative estimate of drug-likeness (QED) is 0.514. The Hall–Kier alpha value is -2.75. The molecule has 1 aliphatic carbocycles. The van der Waals surface area contributed by atoms with Crippen molar-refractivity contribution in [2.24, 2.45) is 16.9 Å². The number of hydrazone groups is 1. The van der Waals surface area contributed by atoms with Crippen LogP contribution in [0.15, 0.2) is 72.1 Å². The molecular weight excluding hydrogens is 308 g/mol. The second-order valence-electron chi connectivity index (χ2n) is 6.27. The molecular formula is C21H24N4. The highest BCUT2D eigenvalue weighted by atomic mass is 15.1. The maximum absolute atomic E-state index is 5.80. The fraction of sp³-hybridized carbons (Fsp3) is 0.286. The lowest BCUT2D eigenvalue weighted by Gasteiger charge is -2.25. The molecule has 0 aliphatic heterocycles. The normalized spacial score (nSPS) is 20.9. The van der Waals surface area contributed by atoms with Crippen molar-refractivity contribution in [3.05, 3.63) is 78.4 Å². The van der Waals surface area contributed by atoms with E-state index >= 15 is 0 Å². The van der Waals surface area contributed by atoms with E-state index in [2.05, 4.69) is 27.7 Å². The molecule has 128 valence electrons. The average Bonchev–Trinajstić information content (AvgIpc) is 2.65. The van der Waals surface area contributed by atoms with Crippen molar-refractivity contribution in [3.63, 3.8) is 0 Å². The maximum atomic E-state index is 5.80. The third kappa shape index (κ3) is 4.02. The predicted molar refractivity (Wildman–Crippen MR) is 103 cm³/mol. The zero-order valence-corrected chi connectivity index (χ0v) is 14.4. The first-order valence-electron chi connectivity index (χ1n) is 8.81. The van der Waals surface area contributed by atoms with Gasteiger partial charge in [-0.25, -0.2) is 0 Å². The number of hydrogen-bond donors (Lipinski definition) is 1. The van der Waals surface area contributed by atoms with Gasteiger partial charge in [-0.3, -0.25) is 9.97 Å². The monoisotopic (exact) mass is 332 g/mol. The van der Waals surface area contributed by atoms with Crippen LogP contribution in [-0.4, -0.2) is 15.7 Å². The largest absolute Gasteiger partial charge is 0.323 e. The van der Waals surface area contributed by atoms with Gasteiger partial charge in [-0.05, 0) is 54.7 Å². The van der Waals surface area contributed by atoms with Crippen molar-refractivity contribution in [2.45, 2.75) is 32.1 Å². The summed E-state index contributed by atoms with van der Waals surface area (Å²) in [6.45, 7) is 4.33. The molecule has 0 spiro atoms. The Morgan fingerprint density at radius 3 is 2.36 bits per heavy atom. The smallest absolute Gasteiger partial charge is 0.0931 e. The molecule has 0 saturated heterocycles. The van der Waals surface area contributed by atoms with E-state index in [9.17, 15) is 0 Å². The second kappa shape index (κ2) is 8.38. The fourth-order valence-corrected chi connectivity index (χ4v) is 3.38. The molecule has 0 amide bonds. The Morgan fingerprint density at radius 2 is 1.72 bits per heavy atom. The standard InChI is InChI=1S/C21H24N4/c1-16(19-12-6-8-14-23-19)17-10-4-2-3-5-11-18(17)21(25-22)20-13-7-9-15-24-20/h6-10,12-15,18H,1-5,11,22H2/b17-10-,25-21+. The van der Waals surface area contributed by atoms with Crippen molar-refractivity contribution < 1.29 is 0 Å². The summed E-state index contributed by atoms with van der Waals surface area (Å²) in [4.78, 5) is 8.94. The SMILES string of the molecule is C=C(/C1=C/CCCCCC1/C(=N\N)c1ccccn1)c1ccccn1. The van der Waals surface area contributed by atoms with Gasteiger partial charge < -0.3 is 5.84 Å². The number of aromatic nitrogens is 2. The number of rotatable bonds is 4. The third-order valence-electron chi connectivity index (χ3n) is 4.66. The summed E-state index contributed by atoms with van der Waals surface area (Å²) in [6.07, 6.45) is 11.5. The number of nitrogens with zero attached hydrogens (tertiary/aromatic N) is 3. The number of pyridine rings is 2. The Kier molecular flexibility index (Phi) is 5.73. The molecule has 2 N–H and O–H groups in total. The van der Waals surface area contributed by atoms with Crippen LogP contribution in [-0.2, 0) is 0 Å². The zero-order chi connectivity index (χ0) is 17.5. The highest BCUT2D eigenvalue weighted by molar-refractivity contribution is 6.04. The lowest BCUT2D eigenvalue weighted by Crippen LogP contribution is -2.22. The lowest BCUT2D eigenvalue weighted by atomic mass is 9.80. The first kappa shape index (κ1) is 17.1. The molecule has 4 nitrogen and oxygen atoms in total. The summed E-state index contributed by atoms with van der Waals surface area (Å²) in [5.74, 6) is 5.89. The first-order valence-corrected chi connectivity index (χ1v) is 8.81. The molecule has 2 heterocycles. The van der Waals surface area contributed by atoms with Gasteiger partial charge >= 0.3 is 0 Å². The minimum absolute atomic E-state index is 0.0923. The molecule has 0 radical (unpaired) electrons. The first-order chi connectivity index (χ1) is 12.3. The molecule has 1 unspecified atom stereocenters.